The van der Waals surface area contributed by atoms with Crippen molar-refractivity contribution in [2.24, 2.45) is 0 Å². The Labute approximate surface area is 156 Å². The number of nitrogens with one attached hydrogen (secondary N) is 1. The Morgan fingerprint density at radius 2 is 1.78 bits per heavy atom. The molecule has 0 aromatic heterocycles. The lowest BCUT2D eigenvalue weighted by Crippen LogP contribution is -2.23. The monoisotopic (exact) mass is 394 g/mol. The van der Waals surface area contributed by atoms with Crippen molar-refractivity contribution in [3.8, 4) is 0 Å². The first kappa shape index (κ1) is 20.5. The van der Waals surface area contributed by atoms with Crippen LogP contribution in [0.4, 0.5) is 10.1 Å². The van der Waals surface area contributed by atoms with Gasteiger partial charge >= 0.3 is 5.97 Å². The molecular formula is C18H19FN2O5S. The Bertz CT molecular complexity index is 927. The summed E-state index contributed by atoms with van der Waals surface area (Å²) in [5.41, 5.74) is 0.820. The van der Waals surface area contributed by atoms with Crippen LogP contribution >= 0.6 is 0 Å². The molecule has 0 radical (unpaired) electrons. The minimum Gasteiger partial charge on any atom is -0.455 e. The number of anilines is 1. The van der Waals surface area contributed by atoms with Crippen molar-refractivity contribution >= 4 is 27.6 Å². The zero-order valence-electron chi connectivity index (χ0n) is 14.8. The number of rotatable bonds is 7. The summed E-state index contributed by atoms with van der Waals surface area (Å²) in [5.74, 6) is -1.66. The third kappa shape index (κ3) is 5.87. The molecule has 0 aliphatic heterocycles. The van der Waals surface area contributed by atoms with E-state index in [9.17, 15) is 22.4 Å². The molecule has 0 saturated heterocycles. The molecule has 0 heterocycles. The molecule has 0 atom stereocenters. The molecule has 0 fully saturated rings. The molecule has 2 aromatic rings. The molecular weight excluding hydrogens is 375 g/mol. The first-order chi connectivity index (χ1) is 12.7. The second-order valence-corrected chi connectivity index (χ2v) is 7.98. The van der Waals surface area contributed by atoms with E-state index < -0.39 is 34.3 Å². The molecule has 0 spiro atoms. The van der Waals surface area contributed by atoms with Crippen molar-refractivity contribution in [3.05, 3.63) is 59.9 Å². The van der Waals surface area contributed by atoms with Gasteiger partial charge in [0.1, 0.15) is 5.82 Å². The third-order valence-electron chi connectivity index (χ3n) is 3.52. The minimum absolute atomic E-state index is 0.0265. The maximum atomic E-state index is 12.8. The molecule has 9 heteroatoms. The Kier molecular flexibility index (Phi) is 6.65. The van der Waals surface area contributed by atoms with Crippen LogP contribution in [0.2, 0.25) is 0 Å². The summed E-state index contributed by atoms with van der Waals surface area (Å²) < 4.78 is 43.0. The number of ether oxygens (including phenoxy) is 1. The highest BCUT2D eigenvalue weighted by Gasteiger charge is 2.17. The van der Waals surface area contributed by atoms with Gasteiger partial charge in [0.05, 0.1) is 11.3 Å². The molecule has 1 N–H and O–H groups in total. The zero-order valence-corrected chi connectivity index (χ0v) is 15.6. The van der Waals surface area contributed by atoms with Crippen LogP contribution in [0.3, 0.4) is 0 Å². The van der Waals surface area contributed by atoms with E-state index in [0.717, 1.165) is 4.31 Å². The van der Waals surface area contributed by atoms with Crippen LogP contribution < -0.4 is 5.32 Å². The first-order valence-corrected chi connectivity index (χ1v) is 9.35. The second kappa shape index (κ2) is 8.74. The molecule has 0 bridgehead atoms. The number of hydrogen-bond acceptors (Lipinski definition) is 5. The Morgan fingerprint density at radius 3 is 2.41 bits per heavy atom. The van der Waals surface area contributed by atoms with Gasteiger partial charge in [0.25, 0.3) is 5.91 Å². The summed E-state index contributed by atoms with van der Waals surface area (Å²) in [5, 5.41) is 2.47. The molecule has 2 aromatic carbocycles. The predicted molar refractivity (Wildman–Crippen MR) is 97.0 cm³/mol. The van der Waals surface area contributed by atoms with Gasteiger partial charge in [0.2, 0.25) is 10.0 Å². The van der Waals surface area contributed by atoms with Gasteiger partial charge in [-0.3, -0.25) is 9.59 Å². The summed E-state index contributed by atoms with van der Waals surface area (Å²) >= 11 is 0. The molecule has 0 aliphatic carbocycles. The van der Waals surface area contributed by atoms with Gasteiger partial charge in [-0.25, -0.2) is 17.1 Å². The smallest absolute Gasteiger partial charge is 0.310 e. The SMILES string of the molecule is CN(C)S(=O)(=O)c1cccc(NC(=O)COC(=O)Cc2ccc(F)cc2)c1. The van der Waals surface area contributed by atoms with E-state index in [1.165, 1.54) is 62.6 Å². The summed E-state index contributed by atoms with van der Waals surface area (Å²) in [7, 11) is -0.821. The van der Waals surface area contributed by atoms with Gasteiger partial charge < -0.3 is 10.1 Å². The van der Waals surface area contributed by atoms with Crippen molar-refractivity contribution in [2.45, 2.75) is 11.3 Å². The van der Waals surface area contributed by atoms with Gasteiger partial charge in [0, 0.05) is 19.8 Å². The number of benzene rings is 2. The van der Waals surface area contributed by atoms with Crippen LogP contribution in [0.25, 0.3) is 0 Å². The highest BCUT2D eigenvalue weighted by atomic mass is 32.2. The molecule has 0 unspecified atom stereocenters. The van der Waals surface area contributed by atoms with Gasteiger partial charge in [-0.1, -0.05) is 18.2 Å². The molecule has 27 heavy (non-hydrogen) atoms. The molecule has 2 rings (SSSR count). The number of sulfonamides is 1. The normalized spacial score (nSPS) is 11.3. The lowest BCUT2D eigenvalue weighted by Gasteiger charge is -2.12. The highest BCUT2D eigenvalue weighted by Crippen LogP contribution is 2.17. The largest absolute Gasteiger partial charge is 0.455 e. The Morgan fingerprint density at radius 1 is 1.11 bits per heavy atom. The Hall–Kier alpha value is -2.78. The van der Waals surface area contributed by atoms with Gasteiger partial charge in [-0.15, -0.1) is 0 Å². The van der Waals surface area contributed by atoms with E-state index in [0.29, 0.717) is 5.56 Å². The number of amides is 1. The van der Waals surface area contributed by atoms with Crippen LogP contribution in [-0.4, -0.2) is 45.3 Å². The van der Waals surface area contributed by atoms with E-state index in [2.05, 4.69) is 5.32 Å². The number of carbonyl (C=O) groups is 2. The quantitative estimate of drug-likeness (QED) is 0.723. The van der Waals surface area contributed by atoms with Crippen molar-refractivity contribution in [2.75, 3.05) is 26.0 Å². The molecule has 0 aliphatic rings. The van der Waals surface area contributed by atoms with Crippen LogP contribution in [-0.2, 0) is 30.8 Å². The average Bonchev–Trinajstić information content (AvgIpc) is 2.62. The van der Waals surface area contributed by atoms with E-state index in [-0.39, 0.29) is 17.0 Å². The number of carbonyl (C=O) groups excluding carboxylic acids is 2. The fraction of sp³-hybridized carbons (Fsp3) is 0.222. The zero-order chi connectivity index (χ0) is 20.0. The second-order valence-electron chi connectivity index (χ2n) is 5.83. The van der Waals surface area contributed by atoms with Crippen molar-refractivity contribution in [3.63, 3.8) is 0 Å². The van der Waals surface area contributed by atoms with Crippen molar-refractivity contribution in [1.29, 1.82) is 0 Å². The summed E-state index contributed by atoms with van der Waals surface area (Å²) in [4.78, 5) is 23.7. The number of hydrogen-bond donors (Lipinski definition) is 1. The highest BCUT2D eigenvalue weighted by molar-refractivity contribution is 7.89. The molecule has 0 saturated carbocycles. The predicted octanol–water partition coefficient (Wildman–Crippen LogP) is 1.80. The summed E-state index contributed by atoms with van der Waals surface area (Å²) in [6.45, 7) is -0.523. The van der Waals surface area contributed by atoms with Gasteiger partial charge in [0.15, 0.2) is 6.61 Å². The first-order valence-electron chi connectivity index (χ1n) is 7.91. The van der Waals surface area contributed by atoms with Crippen molar-refractivity contribution < 1.29 is 27.1 Å². The fourth-order valence-corrected chi connectivity index (χ4v) is 3.06. The average molecular weight is 394 g/mol. The maximum absolute atomic E-state index is 12.8. The van der Waals surface area contributed by atoms with E-state index in [1.54, 1.807) is 0 Å². The van der Waals surface area contributed by atoms with E-state index in [4.69, 9.17) is 4.74 Å². The van der Waals surface area contributed by atoms with E-state index >= 15 is 0 Å². The van der Waals surface area contributed by atoms with E-state index in [1.807, 2.05) is 0 Å². The summed E-state index contributed by atoms with van der Waals surface area (Å²) in [6.07, 6.45) is -0.0931. The third-order valence-corrected chi connectivity index (χ3v) is 5.33. The van der Waals surface area contributed by atoms with Crippen LogP contribution in [0, 0.1) is 5.82 Å². The molecule has 1 amide bonds. The lowest BCUT2D eigenvalue weighted by atomic mass is 10.1. The van der Waals surface area contributed by atoms with Crippen LogP contribution in [0.5, 0.6) is 0 Å². The van der Waals surface area contributed by atoms with Gasteiger partial charge in [-0.05, 0) is 35.9 Å². The number of nitrogens with zero attached hydrogens (tertiary/aromatic N) is 1. The number of halogens is 1. The summed E-state index contributed by atoms with van der Waals surface area (Å²) in [6, 6.07) is 11.1. The molecule has 144 valence electrons. The minimum atomic E-state index is -3.63. The maximum Gasteiger partial charge on any atom is 0.310 e. The topological polar surface area (TPSA) is 92.8 Å². The number of esters is 1. The molecule has 7 nitrogen and oxygen atoms in total. The standard InChI is InChI=1S/C18H19FN2O5S/c1-21(2)27(24,25)16-5-3-4-15(11-16)20-17(22)12-26-18(23)10-13-6-8-14(19)9-7-13/h3-9,11H,10,12H2,1-2H3,(H,20,22). The van der Waals surface area contributed by atoms with Gasteiger partial charge in [-0.2, -0.15) is 0 Å². The fourth-order valence-electron chi connectivity index (χ4n) is 2.11. The Balaban J connectivity index is 1.90. The van der Waals surface area contributed by atoms with Crippen LogP contribution in [0.1, 0.15) is 5.56 Å². The van der Waals surface area contributed by atoms with Crippen LogP contribution in [0.15, 0.2) is 53.4 Å². The lowest BCUT2D eigenvalue weighted by molar-refractivity contribution is -0.146. The van der Waals surface area contributed by atoms with Crippen molar-refractivity contribution in [1.82, 2.24) is 4.31 Å².